The Morgan fingerprint density at radius 1 is 0.469 bits per heavy atom. The summed E-state index contributed by atoms with van der Waals surface area (Å²) in [6, 6.07) is 35.1. The lowest BCUT2D eigenvalue weighted by Gasteiger charge is -2.15. The molecule has 0 spiro atoms. The highest BCUT2D eigenvalue weighted by Gasteiger charge is 2.07. The van der Waals surface area contributed by atoms with Crippen molar-refractivity contribution in [2.75, 3.05) is 10.6 Å². The third-order valence-electron chi connectivity index (χ3n) is 5.51. The highest BCUT2D eigenvalue weighted by molar-refractivity contribution is 7.99. The van der Waals surface area contributed by atoms with Crippen molar-refractivity contribution in [3.8, 4) is 0 Å². The number of hydrogen-bond donors (Lipinski definition) is 2. The Morgan fingerprint density at radius 2 is 0.906 bits per heavy atom. The fourth-order valence-corrected chi connectivity index (χ4v) is 5.80. The van der Waals surface area contributed by atoms with Crippen molar-refractivity contribution in [1.29, 1.82) is 0 Å². The van der Waals surface area contributed by atoms with Gasteiger partial charge in [0.25, 0.3) is 0 Å². The summed E-state index contributed by atoms with van der Waals surface area (Å²) in [6.07, 6.45) is 0. The van der Waals surface area contributed by atoms with Gasteiger partial charge in [-0.2, -0.15) is 0 Å². The third kappa shape index (κ3) is 5.32. The number of anilines is 2. The van der Waals surface area contributed by atoms with Crippen molar-refractivity contribution in [1.82, 2.24) is 0 Å². The first-order valence-corrected chi connectivity index (χ1v) is 12.9. The predicted octanol–water partition coefficient (Wildman–Crippen LogP) is 7.81. The third-order valence-corrected chi connectivity index (χ3v) is 7.80. The van der Waals surface area contributed by atoms with E-state index in [0.29, 0.717) is 0 Å². The second-order valence-electron chi connectivity index (χ2n) is 7.92. The van der Waals surface area contributed by atoms with Crippen LogP contribution in [0, 0.1) is 0 Å². The molecule has 2 nitrogen and oxygen atoms in total. The first kappa shape index (κ1) is 21.0. The molecule has 4 aromatic rings. The van der Waals surface area contributed by atoms with Gasteiger partial charge in [-0.05, 0) is 46.5 Å². The molecule has 1 heterocycles. The van der Waals surface area contributed by atoms with Crippen molar-refractivity contribution < 1.29 is 0 Å². The Bertz CT molecular complexity index is 1030. The van der Waals surface area contributed by atoms with Crippen LogP contribution in [0.15, 0.2) is 107 Å². The zero-order chi connectivity index (χ0) is 21.6. The fourth-order valence-electron chi connectivity index (χ4n) is 3.85. The molecule has 1 aliphatic heterocycles. The van der Waals surface area contributed by atoms with Gasteiger partial charge in [-0.15, -0.1) is 23.5 Å². The minimum Gasteiger partial charge on any atom is -0.380 e. The van der Waals surface area contributed by atoms with Gasteiger partial charge in [0.2, 0.25) is 0 Å². The maximum atomic E-state index is 3.65. The number of thioether (sulfide) groups is 2. The lowest BCUT2D eigenvalue weighted by molar-refractivity contribution is 1.08. The van der Waals surface area contributed by atoms with Crippen molar-refractivity contribution in [2.24, 2.45) is 0 Å². The zero-order valence-electron chi connectivity index (χ0n) is 17.9. The molecule has 0 amide bonds. The Kier molecular flexibility index (Phi) is 6.71. The van der Waals surface area contributed by atoms with Crippen LogP contribution in [-0.2, 0) is 24.6 Å². The van der Waals surface area contributed by atoms with Crippen LogP contribution in [0.1, 0.15) is 22.3 Å². The van der Waals surface area contributed by atoms with E-state index in [1.165, 1.54) is 43.4 Å². The van der Waals surface area contributed by atoms with E-state index >= 15 is 0 Å². The van der Waals surface area contributed by atoms with E-state index in [4.69, 9.17) is 0 Å². The van der Waals surface area contributed by atoms with Crippen LogP contribution in [0.5, 0.6) is 0 Å². The maximum absolute atomic E-state index is 3.65. The molecule has 5 rings (SSSR count). The Labute approximate surface area is 198 Å². The quantitative estimate of drug-likeness (QED) is 0.283. The van der Waals surface area contributed by atoms with Crippen LogP contribution in [0.25, 0.3) is 0 Å². The summed E-state index contributed by atoms with van der Waals surface area (Å²) in [5, 5.41) is 7.31. The van der Waals surface area contributed by atoms with Gasteiger partial charge < -0.3 is 10.6 Å². The Morgan fingerprint density at radius 3 is 1.44 bits per heavy atom. The summed E-state index contributed by atoms with van der Waals surface area (Å²) >= 11 is 3.79. The molecule has 4 bridgehead atoms. The monoisotopic (exact) mass is 454 g/mol. The molecule has 4 aromatic carbocycles. The standard InChI is InChI=1S/C28H26N2S2/c1-3-13-27-25(11-1)29-17-21-7-5-8-22(15-21)18-30-26-12-2-4-14-28(26)32-20-24-10-6-9-23(16-24)19-31-27/h1-16,29-30H,17-20H2. The van der Waals surface area contributed by atoms with Gasteiger partial charge in [-0.3, -0.25) is 0 Å². The van der Waals surface area contributed by atoms with E-state index in [0.717, 1.165) is 24.6 Å². The minimum atomic E-state index is 0.813. The van der Waals surface area contributed by atoms with E-state index in [1.54, 1.807) is 0 Å². The molecule has 1 aliphatic rings. The average Bonchev–Trinajstić information content (AvgIpc) is 2.85. The van der Waals surface area contributed by atoms with E-state index in [-0.39, 0.29) is 0 Å². The number of hydrogen-bond acceptors (Lipinski definition) is 4. The van der Waals surface area contributed by atoms with Gasteiger partial charge in [-0.25, -0.2) is 0 Å². The lowest BCUT2D eigenvalue weighted by Crippen LogP contribution is -2.04. The molecule has 4 heteroatoms. The van der Waals surface area contributed by atoms with Crippen LogP contribution < -0.4 is 10.6 Å². The fraction of sp³-hybridized carbons (Fsp3) is 0.143. The van der Waals surface area contributed by atoms with Gasteiger partial charge >= 0.3 is 0 Å². The summed E-state index contributed by atoms with van der Waals surface area (Å²) < 4.78 is 0. The summed E-state index contributed by atoms with van der Waals surface area (Å²) in [7, 11) is 0. The summed E-state index contributed by atoms with van der Waals surface area (Å²) in [5.74, 6) is 1.93. The van der Waals surface area contributed by atoms with Crippen molar-refractivity contribution in [3.63, 3.8) is 0 Å². The second-order valence-corrected chi connectivity index (χ2v) is 9.95. The number of benzene rings is 4. The summed E-state index contributed by atoms with van der Waals surface area (Å²) in [5.41, 5.74) is 7.71. The van der Waals surface area contributed by atoms with Crippen molar-refractivity contribution >= 4 is 34.9 Å². The summed E-state index contributed by atoms with van der Waals surface area (Å²) in [4.78, 5) is 2.58. The van der Waals surface area contributed by atoms with Gasteiger partial charge in [0.05, 0.1) is 0 Å². The largest absolute Gasteiger partial charge is 0.380 e. The normalized spacial score (nSPS) is 14.0. The van der Waals surface area contributed by atoms with Crippen molar-refractivity contribution in [2.45, 2.75) is 34.4 Å². The highest BCUT2D eigenvalue weighted by Crippen LogP contribution is 2.33. The molecule has 0 aromatic heterocycles. The first-order chi connectivity index (χ1) is 15.8. The van der Waals surface area contributed by atoms with Gasteiger partial charge in [-0.1, -0.05) is 72.8 Å². The molecule has 0 aliphatic carbocycles. The maximum Gasteiger partial charge on any atom is 0.0481 e. The Balaban J connectivity index is 1.46. The smallest absolute Gasteiger partial charge is 0.0481 e. The van der Waals surface area contributed by atoms with Gasteiger partial charge in [0.15, 0.2) is 0 Å². The molecule has 0 saturated heterocycles. The van der Waals surface area contributed by atoms with E-state index in [1.807, 2.05) is 23.5 Å². The molecule has 0 fully saturated rings. The molecule has 0 radical (unpaired) electrons. The Hall–Kier alpha value is -2.82. The molecule has 0 saturated carbocycles. The molecular weight excluding hydrogens is 428 g/mol. The topological polar surface area (TPSA) is 24.1 Å². The number of rotatable bonds is 0. The number of para-hydroxylation sites is 2. The van der Waals surface area contributed by atoms with E-state index < -0.39 is 0 Å². The number of fused-ring (bicyclic) bond motifs is 6. The molecule has 32 heavy (non-hydrogen) atoms. The van der Waals surface area contributed by atoms with Gasteiger partial charge in [0.1, 0.15) is 0 Å². The molecule has 0 atom stereocenters. The van der Waals surface area contributed by atoms with Crippen LogP contribution in [-0.4, -0.2) is 0 Å². The van der Waals surface area contributed by atoms with Crippen LogP contribution >= 0.6 is 23.5 Å². The molecule has 160 valence electrons. The lowest BCUT2D eigenvalue weighted by atomic mass is 10.1. The van der Waals surface area contributed by atoms with Gasteiger partial charge in [0, 0.05) is 45.8 Å². The van der Waals surface area contributed by atoms with Crippen molar-refractivity contribution in [3.05, 3.63) is 119 Å². The zero-order valence-corrected chi connectivity index (χ0v) is 19.5. The average molecular weight is 455 g/mol. The number of nitrogens with one attached hydrogen (secondary N) is 2. The second kappa shape index (κ2) is 10.2. The minimum absolute atomic E-state index is 0.813. The molecular formula is C28H26N2S2. The molecule has 0 unspecified atom stereocenters. The molecule has 2 N–H and O–H groups in total. The van der Waals surface area contributed by atoms with Crippen LogP contribution in [0.3, 0.4) is 0 Å². The first-order valence-electron chi connectivity index (χ1n) is 10.9. The van der Waals surface area contributed by atoms with E-state index in [2.05, 4.69) is 108 Å². The summed E-state index contributed by atoms with van der Waals surface area (Å²) in [6.45, 7) is 1.63. The van der Waals surface area contributed by atoms with Crippen LogP contribution in [0.2, 0.25) is 0 Å². The SMILES string of the molecule is c1cc2cc(c1)CNc1ccccc1SCc1cccc(c1)CSc1ccccc1NC2. The predicted molar refractivity (Wildman–Crippen MR) is 140 cm³/mol. The van der Waals surface area contributed by atoms with E-state index in [9.17, 15) is 0 Å². The highest BCUT2D eigenvalue weighted by atomic mass is 32.2. The van der Waals surface area contributed by atoms with Crippen LogP contribution in [0.4, 0.5) is 11.4 Å².